The third-order valence-electron chi connectivity index (χ3n) is 4.04. The lowest BCUT2D eigenvalue weighted by atomic mass is 10.1. The van der Waals surface area contributed by atoms with Crippen LogP contribution in [0.5, 0.6) is 11.5 Å². The number of rotatable bonds is 8. The molecular formula is C22H29NO3. The normalized spacial score (nSPS) is 11.9. The molecule has 1 amide bonds. The second kappa shape index (κ2) is 9.27. The van der Waals surface area contributed by atoms with Crippen LogP contribution in [0, 0.1) is 13.8 Å². The molecule has 0 saturated carbocycles. The van der Waals surface area contributed by atoms with Crippen molar-refractivity contribution in [3.05, 3.63) is 59.2 Å². The molecule has 0 spiro atoms. The molecule has 2 aromatic rings. The number of carbonyl (C=O) groups is 1. The topological polar surface area (TPSA) is 47.6 Å². The van der Waals surface area contributed by atoms with Gasteiger partial charge in [-0.3, -0.25) is 4.79 Å². The molecule has 26 heavy (non-hydrogen) atoms. The summed E-state index contributed by atoms with van der Waals surface area (Å²) in [6, 6.07) is 13.8. The molecule has 0 saturated heterocycles. The van der Waals surface area contributed by atoms with Gasteiger partial charge in [0.05, 0.1) is 6.10 Å². The summed E-state index contributed by atoms with van der Waals surface area (Å²) in [5.74, 6) is 1.50. The molecule has 0 aliphatic rings. The maximum absolute atomic E-state index is 12.5. The zero-order chi connectivity index (χ0) is 19.1. The van der Waals surface area contributed by atoms with Gasteiger partial charge in [-0.2, -0.15) is 0 Å². The summed E-state index contributed by atoms with van der Waals surface area (Å²) < 4.78 is 11.6. The lowest BCUT2D eigenvalue weighted by Crippen LogP contribution is -2.37. The number of nitrogens with one attached hydrogen (secondary N) is 1. The van der Waals surface area contributed by atoms with Crippen LogP contribution >= 0.6 is 0 Å². The van der Waals surface area contributed by atoms with Crippen molar-refractivity contribution in [3.8, 4) is 11.5 Å². The molecule has 0 bridgehead atoms. The Hall–Kier alpha value is -2.49. The highest BCUT2D eigenvalue weighted by Crippen LogP contribution is 2.21. The molecule has 1 N–H and O–H groups in total. The number of benzene rings is 2. The number of carbonyl (C=O) groups excluding carboxylic acids is 1. The number of amides is 1. The van der Waals surface area contributed by atoms with Crippen LogP contribution in [0.25, 0.3) is 0 Å². The van der Waals surface area contributed by atoms with Gasteiger partial charge in [-0.15, -0.1) is 0 Å². The van der Waals surface area contributed by atoms with Crippen molar-refractivity contribution < 1.29 is 14.3 Å². The van der Waals surface area contributed by atoms with Crippen molar-refractivity contribution in [1.29, 1.82) is 0 Å². The van der Waals surface area contributed by atoms with Gasteiger partial charge in [-0.1, -0.05) is 31.2 Å². The fourth-order valence-electron chi connectivity index (χ4n) is 2.57. The summed E-state index contributed by atoms with van der Waals surface area (Å²) in [6.45, 7) is 10.4. The minimum Gasteiger partial charge on any atom is -0.491 e. The fourth-order valence-corrected chi connectivity index (χ4v) is 2.57. The van der Waals surface area contributed by atoms with Gasteiger partial charge < -0.3 is 14.8 Å². The van der Waals surface area contributed by atoms with E-state index in [0.717, 1.165) is 28.2 Å². The zero-order valence-electron chi connectivity index (χ0n) is 16.3. The summed E-state index contributed by atoms with van der Waals surface area (Å²) in [7, 11) is 0. The number of hydrogen-bond acceptors (Lipinski definition) is 3. The van der Waals surface area contributed by atoms with E-state index in [2.05, 4.69) is 5.32 Å². The van der Waals surface area contributed by atoms with E-state index in [4.69, 9.17) is 9.47 Å². The third kappa shape index (κ3) is 5.80. The van der Waals surface area contributed by atoms with Crippen molar-refractivity contribution in [3.63, 3.8) is 0 Å². The van der Waals surface area contributed by atoms with Gasteiger partial charge in [0.15, 0.2) is 6.10 Å². The fraction of sp³-hybridized carbons (Fsp3) is 0.409. The van der Waals surface area contributed by atoms with E-state index >= 15 is 0 Å². The minimum atomic E-state index is -0.501. The standard InChI is InChI=1S/C22H29NO3/c1-6-20(26-21-13-16(4)7-8-17(21)5)22(24)23-14-18-9-11-19(12-10-18)25-15(2)3/h7-13,15,20H,6,14H2,1-5H3,(H,23,24)/t20-/m1/s1. The summed E-state index contributed by atoms with van der Waals surface area (Å²) in [4.78, 5) is 12.5. The third-order valence-corrected chi connectivity index (χ3v) is 4.04. The van der Waals surface area contributed by atoms with Crippen LogP contribution < -0.4 is 14.8 Å². The van der Waals surface area contributed by atoms with Crippen molar-refractivity contribution >= 4 is 5.91 Å². The zero-order valence-corrected chi connectivity index (χ0v) is 16.3. The lowest BCUT2D eigenvalue weighted by molar-refractivity contribution is -0.128. The Kier molecular flexibility index (Phi) is 7.07. The van der Waals surface area contributed by atoms with Crippen LogP contribution in [0.1, 0.15) is 43.9 Å². The van der Waals surface area contributed by atoms with E-state index < -0.39 is 6.10 Å². The van der Waals surface area contributed by atoms with Gasteiger partial charge in [0.2, 0.25) is 0 Å². The summed E-state index contributed by atoms with van der Waals surface area (Å²) in [5, 5.41) is 2.96. The SMILES string of the molecule is CC[C@@H](Oc1cc(C)ccc1C)C(=O)NCc1ccc(OC(C)C)cc1. The van der Waals surface area contributed by atoms with Gasteiger partial charge in [0.1, 0.15) is 11.5 Å². The van der Waals surface area contributed by atoms with E-state index in [-0.39, 0.29) is 12.0 Å². The van der Waals surface area contributed by atoms with Crippen molar-refractivity contribution in [1.82, 2.24) is 5.32 Å². The van der Waals surface area contributed by atoms with Crippen LogP contribution in [-0.4, -0.2) is 18.1 Å². The number of aryl methyl sites for hydroxylation is 2. The van der Waals surface area contributed by atoms with Gasteiger partial charge in [0, 0.05) is 6.54 Å². The number of hydrogen-bond donors (Lipinski definition) is 1. The highest BCUT2D eigenvalue weighted by molar-refractivity contribution is 5.81. The van der Waals surface area contributed by atoms with Crippen LogP contribution in [0.3, 0.4) is 0 Å². The first-order chi connectivity index (χ1) is 12.4. The van der Waals surface area contributed by atoms with E-state index in [1.54, 1.807) is 0 Å². The predicted octanol–water partition coefficient (Wildman–Crippen LogP) is 4.56. The molecule has 0 radical (unpaired) electrons. The summed E-state index contributed by atoms with van der Waals surface area (Å²) >= 11 is 0. The minimum absolute atomic E-state index is 0.101. The van der Waals surface area contributed by atoms with Crippen LogP contribution in [0.4, 0.5) is 0 Å². The van der Waals surface area contributed by atoms with Gasteiger partial charge in [0.25, 0.3) is 5.91 Å². The Morgan fingerprint density at radius 3 is 2.35 bits per heavy atom. The molecule has 1 atom stereocenters. The molecule has 4 nitrogen and oxygen atoms in total. The average molecular weight is 355 g/mol. The van der Waals surface area contributed by atoms with Gasteiger partial charge in [-0.05, 0) is 69.0 Å². The Morgan fingerprint density at radius 1 is 1.04 bits per heavy atom. The van der Waals surface area contributed by atoms with E-state index in [9.17, 15) is 4.79 Å². The van der Waals surface area contributed by atoms with Crippen molar-refractivity contribution in [2.45, 2.75) is 59.8 Å². The number of ether oxygens (including phenoxy) is 2. The molecule has 0 unspecified atom stereocenters. The van der Waals surface area contributed by atoms with Crippen LogP contribution in [0.15, 0.2) is 42.5 Å². The second-order valence-electron chi connectivity index (χ2n) is 6.81. The highest BCUT2D eigenvalue weighted by atomic mass is 16.5. The molecule has 0 fully saturated rings. The largest absolute Gasteiger partial charge is 0.491 e. The molecule has 2 rings (SSSR count). The average Bonchev–Trinajstić information content (AvgIpc) is 2.61. The van der Waals surface area contributed by atoms with Crippen molar-refractivity contribution in [2.75, 3.05) is 0 Å². The Bertz CT molecular complexity index is 723. The smallest absolute Gasteiger partial charge is 0.261 e. The Balaban J connectivity index is 1.93. The summed E-state index contributed by atoms with van der Waals surface area (Å²) in [6.07, 6.45) is 0.257. The molecule has 2 aromatic carbocycles. The van der Waals surface area contributed by atoms with E-state index in [1.165, 1.54) is 0 Å². The first kappa shape index (κ1) is 19.8. The van der Waals surface area contributed by atoms with Gasteiger partial charge in [-0.25, -0.2) is 0 Å². The van der Waals surface area contributed by atoms with Crippen molar-refractivity contribution in [2.24, 2.45) is 0 Å². The first-order valence-corrected chi connectivity index (χ1v) is 9.16. The second-order valence-corrected chi connectivity index (χ2v) is 6.81. The highest BCUT2D eigenvalue weighted by Gasteiger charge is 2.19. The lowest BCUT2D eigenvalue weighted by Gasteiger charge is -2.19. The molecule has 0 aliphatic heterocycles. The predicted molar refractivity (Wildman–Crippen MR) is 105 cm³/mol. The van der Waals surface area contributed by atoms with E-state index in [0.29, 0.717) is 13.0 Å². The quantitative estimate of drug-likeness (QED) is 0.755. The Labute approximate surface area is 156 Å². The maximum atomic E-state index is 12.5. The molecular weight excluding hydrogens is 326 g/mol. The molecule has 0 aromatic heterocycles. The van der Waals surface area contributed by atoms with E-state index in [1.807, 2.05) is 77.1 Å². The summed E-state index contributed by atoms with van der Waals surface area (Å²) in [5.41, 5.74) is 3.17. The van der Waals surface area contributed by atoms with Crippen LogP contribution in [0.2, 0.25) is 0 Å². The first-order valence-electron chi connectivity index (χ1n) is 9.16. The molecule has 0 heterocycles. The van der Waals surface area contributed by atoms with Crippen LogP contribution in [-0.2, 0) is 11.3 Å². The molecule has 4 heteroatoms. The van der Waals surface area contributed by atoms with Gasteiger partial charge >= 0.3 is 0 Å². The maximum Gasteiger partial charge on any atom is 0.261 e. The molecule has 0 aliphatic carbocycles. The monoisotopic (exact) mass is 355 g/mol. The Morgan fingerprint density at radius 2 is 1.73 bits per heavy atom. The molecule has 140 valence electrons.